The second kappa shape index (κ2) is 6.32. The lowest BCUT2D eigenvalue weighted by Gasteiger charge is -2.18. The zero-order valence-electron chi connectivity index (χ0n) is 14.9. The van der Waals surface area contributed by atoms with Crippen molar-refractivity contribution in [3.8, 4) is 28.1 Å². The van der Waals surface area contributed by atoms with Crippen molar-refractivity contribution in [1.82, 2.24) is 9.88 Å². The molecule has 0 unspecified atom stereocenters. The molecule has 0 spiro atoms. The first kappa shape index (κ1) is 16.9. The van der Waals surface area contributed by atoms with E-state index in [9.17, 15) is 14.7 Å². The van der Waals surface area contributed by atoms with Gasteiger partial charge >= 0.3 is 5.97 Å². The van der Waals surface area contributed by atoms with Crippen molar-refractivity contribution in [3.05, 3.63) is 65.4 Å². The van der Waals surface area contributed by atoms with Gasteiger partial charge in [0.1, 0.15) is 18.1 Å². The molecule has 6 heteroatoms. The molecule has 1 amide bonds. The van der Waals surface area contributed by atoms with Crippen LogP contribution < -0.4 is 4.74 Å². The highest BCUT2D eigenvalue weighted by molar-refractivity contribution is 6.00. The molecule has 3 aromatic rings. The molecule has 1 aliphatic heterocycles. The number of nitrogens with one attached hydrogen (secondary N) is 1. The van der Waals surface area contributed by atoms with E-state index in [1.54, 1.807) is 38.4 Å². The number of hydrogen-bond donors (Lipinski definition) is 2. The standard InChI is InChI=1S/C21H18N2O4/c1-23(2)20(24)13-9-7-12(8-10-13)17-15-11-27-16-6-4-3-5-14(16)18(15)22-19(17)21(25)26/h3-10,22H,11H2,1-2H3,(H,25,26). The number of benzene rings is 2. The minimum atomic E-state index is -1.04. The largest absolute Gasteiger partial charge is 0.488 e. The molecule has 0 fully saturated rings. The van der Waals surface area contributed by atoms with Gasteiger partial charge in [0.25, 0.3) is 5.91 Å². The van der Waals surface area contributed by atoms with E-state index in [-0.39, 0.29) is 18.2 Å². The fourth-order valence-electron chi connectivity index (χ4n) is 3.38. The number of aromatic carboxylic acids is 1. The number of carboxylic acids is 1. The number of aromatic amines is 1. The lowest BCUT2D eigenvalue weighted by molar-refractivity contribution is 0.0691. The molecule has 27 heavy (non-hydrogen) atoms. The molecule has 0 aliphatic carbocycles. The van der Waals surface area contributed by atoms with Crippen molar-refractivity contribution in [2.75, 3.05) is 14.1 Å². The van der Waals surface area contributed by atoms with Crippen molar-refractivity contribution in [2.24, 2.45) is 0 Å². The highest BCUT2D eigenvalue weighted by atomic mass is 16.5. The van der Waals surface area contributed by atoms with Gasteiger partial charge in [-0.3, -0.25) is 4.79 Å². The van der Waals surface area contributed by atoms with Crippen LogP contribution in [0, 0.1) is 0 Å². The van der Waals surface area contributed by atoms with Gasteiger partial charge in [0.15, 0.2) is 0 Å². The first-order valence-corrected chi connectivity index (χ1v) is 8.49. The number of aromatic nitrogens is 1. The molecule has 136 valence electrons. The van der Waals surface area contributed by atoms with Crippen LogP contribution in [0.1, 0.15) is 26.4 Å². The molecule has 1 aromatic heterocycles. The van der Waals surface area contributed by atoms with Crippen LogP contribution in [0.15, 0.2) is 48.5 Å². The van der Waals surface area contributed by atoms with Crippen LogP contribution in [0.25, 0.3) is 22.4 Å². The molecule has 1 aliphatic rings. The number of para-hydroxylation sites is 1. The van der Waals surface area contributed by atoms with Gasteiger partial charge in [0.2, 0.25) is 0 Å². The maximum absolute atomic E-state index is 12.1. The van der Waals surface area contributed by atoms with Crippen LogP contribution in [0.4, 0.5) is 0 Å². The molecule has 0 saturated carbocycles. The number of nitrogens with zero attached hydrogens (tertiary/aromatic N) is 1. The number of hydrogen-bond acceptors (Lipinski definition) is 3. The Morgan fingerprint density at radius 2 is 1.78 bits per heavy atom. The summed E-state index contributed by atoms with van der Waals surface area (Å²) in [6.07, 6.45) is 0. The van der Waals surface area contributed by atoms with Crippen molar-refractivity contribution < 1.29 is 19.4 Å². The number of carbonyl (C=O) groups is 2. The molecule has 0 atom stereocenters. The van der Waals surface area contributed by atoms with E-state index in [1.807, 2.05) is 24.3 Å². The zero-order valence-corrected chi connectivity index (χ0v) is 14.9. The Morgan fingerprint density at radius 3 is 2.44 bits per heavy atom. The van der Waals surface area contributed by atoms with Crippen LogP contribution in [0.2, 0.25) is 0 Å². The molecule has 6 nitrogen and oxygen atoms in total. The number of amides is 1. The molecular weight excluding hydrogens is 344 g/mol. The average Bonchev–Trinajstić information content (AvgIpc) is 3.08. The van der Waals surface area contributed by atoms with Gasteiger partial charge in [-0.2, -0.15) is 0 Å². The van der Waals surface area contributed by atoms with Gasteiger partial charge in [0.05, 0.1) is 5.69 Å². The molecule has 2 heterocycles. The number of rotatable bonds is 3. The summed E-state index contributed by atoms with van der Waals surface area (Å²) >= 11 is 0. The predicted molar refractivity (Wildman–Crippen MR) is 101 cm³/mol. The molecule has 2 aromatic carbocycles. The maximum atomic E-state index is 12.1. The molecule has 2 N–H and O–H groups in total. The maximum Gasteiger partial charge on any atom is 0.352 e. The number of H-pyrrole nitrogens is 1. The summed E-state index contributed by atoms with van der Waals surface area (Å²) in [5, 5.41) is 9.71. The quantitative estimate of drug-likeness (QED) is 0.745. The normalized spacial score (nSPS) is 11.9. The second-order valence-corrected chi connectivity index (χ2v) is 6.60. The number of carboxylic acid groups (broad SMARTS) is 1. The van der Waals surface area contributed by atoms with E-state index in [2.05, 4.69) is 4.98 Å². The Bertz CT molecular complexity index is 1050. The number of fused-ring (bicyclic) bond motifs is 3. The third-order valence-corrected chi connectivity index (χ3v) is 4.67. The van der Waals surface area contributed by atoms with Crippen molar-refractivity contribution >= 4 is 11.9 Å². The summed E-state index contributed by atoms with van der Waals surface area (Å²) in [7, 11) is 3.38. The number of ether oxygens (including phenoxy) is 1. The van der Waals surface area contributed by atoms with E-state index in [1.165, 1.54) is 4.90 Å². The third kappa shape index (κ3) is 2.75. The van der Waals surface area contributed by atoms with E-state index >= 15 is 0 Å². The van der Waals surface area contributed by atoms with Crippen molar-refractivity contribution in [1.29, 1.82) is 0 Å². The van der Waals surface area contributed by atoms with Crippen molar-refractivity contribution in [3.63, 3.8) is 0 Å². The number of carbonyl (C=O) groups excluding carboxylic acids is 1. The van der Waals surface area contributed by atoms with Crippen molar-refractivity contribution in [2.45, 2.75) is 6.61 Å². The Labute approximate surface area is 156 Å². The zero-order chi connectivity index (χ0) is 19.1. The minimum Gasteiger partial charge on any atom is -0.488 e. The van der Waals surface area contributed by atoms with Crippen LogP contribution >= 0.6 is 0 Å². The van der Waals surface area contributed by atoms with Gasteiger partial charge in [-0.25, -0.2) is 4.79 Å². The van der Waals surface area contributed by atoms with Gasteiger partial charge in [-0.15, -0.1) is 0 Å². The fraction of sp³-hybridized carbons (Fsp3) is 0.143. The van der Waals surface area contributed by atoms with Gasteiger partial charge in [0, 0.05) is 36.3 Å². The highest BCUT2D eigenvalue weighted by Crippen LogP contribution is 2.42. The van der Waals surface area contributed by atoms with Gasteiger partial charge in [-0.05, 0) is 29.8 Å². The SMILES string of the molecule is CN(C)C(=O)c1ccc(-c2c(C(=O)O)[nH]c3c2COc2ccccc2-3)cc1. The fourth-order valence-corrected chi connectivity index (χ4v) is 3.38. The Morgan fingerprint density at radius 1 is 1.07 bits per heavy atom. The van der Waals surface area contributed by atoms with Crippen LogP contribution in [-0.4, -0.2) is 41.0 Å². The predicted octanol–water partition coefficient (Wildman–Crippen LogP) is 3.64. The topological polar surface area (TPSA) is 82.6 Å². The summed E-state index contributed by atoms with van der Waals surface area (Å²) in [6.45, 7) is 0.282. The smallest absolute Gasteiger partial charge is 0.352 e. The molecule has 0 saturated heterocycles. The molecule has 0 radical (unpaired) electrons. The van der Waals surface area contributed by atoms with Crippen LogP contribution in [0.3, 0.4) is 0 Å². The Hall–Kier alpha value is -3.54. The van der Waals surface area contributed by atoms with Gasteiger partial charge in [-0.1, -0.05) is 24.3 Å². The lowest BCUT2D eigenvalue weighted by atomic mass is 9.96. The van der Waals surface area contributed by atoms with Gasteiger partial charge < -0.3 is 19.7 Å². The van der Waals surface area contributed by atoms with Crippen LogP contribution in [0.5, 0.6) is 5.75 Å². The summed E-state index contributed by atoms with van der Waals surface area (Å²) in [6, 6.07) is 14.5. The Balaban J connectivity index is 1.86. The van der Waals surface area contributed by atoms with E-state index in [0.29, 0.717) is 11.1 Å². The lowest BCUT2D eigenvalue weighted by Crippen LogP contribution is -2.21. The average molecular weight is 362 g/mol. The third-order valence-electron chi connectivity index (χ3n) is 4.67. The van der Waals surface area contributed by atoms with E-state index < -0.39 is 5.97 Å². The second-order valence-electron chi connectivity index (χ2n) is 6.60. The van der Waals surface area contributed by atoms with E-state index in [0.717, 1.165) is 28.1 Å². The highest BCUT2D eigenvalue weighted by Gasteiger charge is 2.28. The summed E-state index contributed by atoms with van der Waals surface area (Å²) in [4.78, 5) is 28.5. The minimum absolute atomic E-state index is 0.103. The Kier molecular flexibility index (Phi) is 3.96. The summed E-state index contributed by atoms with van der Waals surface area (Å²) in [5.74, 6) is -0.416. The molecule has 0 bridgehead atoms. The molecule has 4 rings (SSSR count). The van der Waals surface area contributed by atoms with E-state index in [4.69, 9.17) is 4.74 Å². The summed E-state index contributed by atoms with van der Waals surface area (Å²) in [5.41, 5.74) is 4.39. The monoisotopic (exact) mass is 362 g/mol. The summed E-state index contributed by atoms with van der Waals surface area (Å²) < 4.78 is 5.82. The first-order chi connectivity index (χ1) is 13.0. The van der Waals surface area contributed by atoms with Crippen LogP contribution in [-0.2, 0) is 6.61 Å². The first-order valence-electron chi connectivity index (χ1n) is 8.49. The molecular formula is C21H18N2O4.